The van der Waals surface area contributed by atoms with Crippen molar-refractivity contribution in [2.75, 3.05) is 39.1 Å². The third-order valence-electron chi connectivity index (χ3n) is 2.43. The molecular weight excluding hydrogens is 218 g/mol. The Morgan fingerprint density at radius 3 is 2.53 bits per heavy atom. The molecule has 0 fully saturated rings. The second-order valence-electron chi connectivity index (χ2n) is 4.12. The molecule has 1 aromatic rings. The fourth-order valence-electron chi connectivity index (χ4n) is 1.29. The number of amidine groups is 1. The molecule has 0 amide bonds. The summed E-state index contributed by atoms with van der Waals surface area (Å²) in [6, 6.07) is 3.63. The minimum Gasteiger partial charge on any atom is -0.409 e. The Labute approximate surface area is 101 Å². The first kappa shape index (κ1) is 13.2. The molecule has 0 radical (unpaired) electrons. The van der Waals surface area contributed by atoms with Crippen molar-refractivity contribution in [3.8, 4) is 0 Å². The van der Waals surface area contributed by atoms with Crippen LogP contribution in [-0.2, 0) is 0 Å². The molecule has 6 nitrogen and oxygen atoms in total. The van der Waals surface area contributed by atoms with Crippen LogP contribution in [-0.4, -0.2) is 55.2 Å². The van der Waals surface area contributed by atoms with Gasteiger partial charge >= 0.3 is 0 Å². The van der Waals surface area contributed by atoms with Crippen LogP contribution in [0.1, 0.15) is 5.56 Å². The van der Waals surface area contributed by atoms with Gasteiger partial charge in [0.15, 0.2) is 5.84 Å². The van der Waals surface area contributed by atoms with Crippen molar-refractivity contribution in [3.63, 3.8) is 0 Å². The lowest BCUT2D eigenvalue weighted by atomic mass is 10.2. The zero-order valence-electron chi connectivity index (χ0n) is 10.5. The number of nitrogens with zero attached hydrogens (tertiary/aromatic N) is 4. The van der Waals surface area contributed by atoms with Crippen molar-refractivity contribution in [3.05, 3.63) is 23.9 Å². The summed E-state index contributed by atoms with van der Waals surface area (Å²) in [6.07, 6.45) is 1.59. The molecule has 6 heteroatoms. The predicted octanol–water partition coefficient (Wildman–Crippen LogP) is 0.174. The van der Waals surface area contributed by atoms with Gasteiger partial charge in [-0.25, -0.2) is 4.98 Å². The molecule has 0 aliphatic heterocycles. The fourth-order valence-corrected chi connectivity index (χ4v) is 1.29. The van der Waals surface area contributed by atoms with Crippen molar-refractivity contribution in [2.24, 2.45) is 10.9 Å². The van der Waals surface area contributed by atoms with Gasteiger partial charge in [0, 0.05) is 31.9 Å². The number of anilines is 1. The summed E-state index contributed by atoms with van der Waals surface area (Å²) in [4.78, 5) is 8.43. The van der Waals surface area contributed by atoms with Crippen molar-refractivity contribution in [1.29, 1.82) is 0 Å². The molecule has 0 aromatic carbocycles. The number of rotatable bonds is 5. The third-order valence-corrected chi connectivity index (χ3v) is 2.43. The van der Waals surface area contributed by atoms with E-state index < -0.39 is 0 Å². The van der Waals surface area contributed by atoms with Crippen molar-refractivity contribution in [1.82, 2.24) is 9.88 Å². The number of aromatic nitrogens is 1. The van der Waals surface area contributed by atoms with E-state index in [0.29, 0.717) is 5.56 Å². The van der Waals surface area contributed by atoms with E-state index in [1.54, 1.807) is 12.3 Å². The molecule has 94 valence electrons. The highest BCUT2D eigenvalue weighted by atomic mass is 16.4. The van der Waals surface area contributed by atoms with Crippen molar-refractivity contribution >= 4 is 11.7 Å². The summed E-state index contributed by atoms with van der Waals surface area (Å²) in [7, 11) is 6.04. The van der Waals surface area contributed by atoms with Gasteiger partial charge in [-0.2, -0.15) is 0 Å². The molecule has 0 unspecified atom stereocenters. The Morgan fingerprint density at radius 2 is 2.06 bits per heavy atom. The lowest BCUT2D eigenvalue weighted by Gasteiger charge is -2.20. The molecule has 0 saturated carbocycles. The highest BCUT2D eigenvalue weighted by Gasteiger charge is 2.04. The van der Waals surface area contributed by atoms with Gasteiger partial charge in [0.05, 0.1) is 0 Å². The Bertz CT molecular complexity index is 374. The third kappa shape index (κ3) is 3.92. The Kier molecular flexibility index (Phi) is 4.71. The molecular formula is C11H19N5O. The van der Waals surface area contributed by atoms with Crippen LogP contribution in [0.4, 0.5) is 5.82 Å². The molecule has 0 saturated heterocycles. The highest BCUT2D eigenvalue weighted by molar-refractivity contribution is 5.96. The SMILES string of the molecule is CN(C)CCN(C)c1ccc(C(N)=NO)cn1. The lowest BCUT2D eigenvalue weighted by molar-refractivity contribution is 0.318. The van der Waals surface area contributed by atoms with E-state index in [2.05, 4.69) is 19.9 Å². The van der Waals surface area contributed by atoms with Crippen LogP contribution in [0.2, 0.25) is 0 Å². The first-order valence-electron chi connectivity index (χ1n) is 5.34. The number of hydrogen-bond donors (Lipinski definition) is 2. The maximum atomic E-state index is 8.53. The zero-order chi connectivity index (χ0) is 12.8. The molecule has 1 heterocycles. The van der Waals surface area contributed by atoms with Gasteiger partial charge in [0.25, 0.3) is 0 Å². The second kappa shape index (κ2) is 6.05. The molecule has 0 spiro atoms. The molecule has 0 aliphatic rings. The van der Waals surface area contributed by atoms with Gasteiger partial charge < -0.3 is 20.7 Å². The quantitative estimate of drug-likeness (QED) is 0.330. The van der Waals surface area contributed by atoms with E-state index in [1.165, 1.54) is 0 Å². The van der Waals surface area contributed by atoms with Gasteiger partial charge in [-0.15, -0.1) is 0 Å². The van der Waals surface area contributed by atoms with Crippen LogP contribution in [0.15, 0.2) is 23.5 Å². The van der Waals surface area contributed by atoms with Crippen LogP contribution >= 0.6 is 0 Å². The van der Waals surface area contributed by atoms with E-state index in [-0.39, 0.29) is 5.84 Å². The molecule has 0 atom stereocenters. The lowest BCUT2D eigenvalue weighted by Crippen LogP contribution is -2.29. The van der Waals surface area contributed by atoms with Crippen molar-refractivity contribution < 1.29 is 5.21 Å². The summed E-state index contributed by atoms with van der Waals surface area (Å²) < 4.78 is 0. The van der Waals surface area contributed by atoms with Gasteiger partial charge in [-0.05, 0) is 26.2 Å². The van der Waals surface area contributed by atoms with Crippen LogP contribution in [0.5, 0.6) is 0 Å². The van der Waals surface area contributed by atoms with Gasteiger partial charge in [0.2, 0.25) is 0 Å². The molecule has 1 aromatic heterocycles. The van der Waals surface area contributed by atoms with E-state index in [9.17, 15) is 0 Å². The smallest absolute Gasteiger partial charge is 0.171 e. The predicted molar refractivity (Wildman–Crippen MR) is 68.6 cm³/mol. The first-order chi connectivity index (χ1) is 8.04. The number of likely N-dealkylation sites (N-methyl/N-ethyl adjacent to an activating group) is 2. The van der Waals surface area contributed by atoms with Crippen LogP contribution < -0.4 is 10.6 Å². The van der Waals surface area contributed by atoms with Gasteiger partial charge in [0.1, 0.15) is 5.82 Å². The Balaban J connectivity index is 2.67. The summed E-state index contributed by atoms with van der Waals surface area (Å²) in [5, 5.41) is 11.5. The number of hydrogen-bond acceptors (Lipinski definition) is 5. The van der Waals surface area contributed by atoms with Crippen molar-refractivity contribution in [2.45, 2.75) is 0 Å². The Hall–Kier alpha value is -1.82. The highest BCUT2D eigenvalue weighted by Crippen LogP contribution is 2.09. The maximum absolute atomic E-state index is 8.53. The largest absolute Gasteiger partial charge is 0.409 e. The Morgan fingerprint density at radius 1 is 1.35 bits per heavy atom. The average Bonchev–Trinajstić information content (AvgIpc) is 2.35. The molecule has 17 heavy (non-hydrogen) atoms. The molecule has 1 rings (SSSR count). The fraction of sp³-hybridized carbons (Fsp3) is 0.455. The number of pyridine rings is 1. The van der Waals surface area contributed by atoms with E-state index in [0.717, 1.165) is 18.9 Å². The topological polar surface area (TPSA) is 78.0 Å². The summed E-state index contributed by atoms with van der Waals surface area (Å²) in [5.41, 5.74) is 6.07. The summed E-state index contributed by atoms with van der Waals surface area (Å²) in [5.74, 6) is 0.932. The second-order valence-corrected chi connectivity index (χ2v) is 4.12. The zero-order valence-corrected chi connectivity index (χ0v) is 10.5. The minimum absolute atomic E-state index is 0.0694. The maximum Gasteiger partial charge on any atom is 0.171 e. The number of nitrogens with two attached hydrogens (primary N) is 1. The van der Waals surface area contributed by atoms with E-state index in [1.807, 2.05) is 27.2 Å². The van der Waals surface area contributed by atoms with E-state index >= 15 is 0 Å². The van der Waals surface area contributed by atoms with E-state index in [4.69, 9.17) is 10.9 Å². The average molecular weight is 237 g/mol. The summed E-state index contributed by atoms with van der Waals surface area (Å²) in [6.45, 7) is 1.85. The molecule has 0 bridgehead atoms. The van der Waals surface area contributed by atoms with Crippen LogP contribution in [0.3, 0.4) is 0 Å². The molecule has 0 aliphatic carbocycles. The monoisotopic (exact) mass is 237 g/mol. The summed E-state index contributed by atoms with van der Waals surface area (Å²) >= 11 is 0. The van der Waals surface area contributed by atoms with Crippen LogP contribution in [0, 0.1) is 0 Å². The van der Waals surface area contributed by atoms with Gasteiger partial charge in [-0.1, -0.05) is 5.16 Å². The normalized spacial score (nSPS) is 11.9. The number of oxime groups is 1. The minimum atomic E-state index is 0.0694. The van der Waals surface area contributed by atoms with Crippen LogP contribution in [0.25, 0.3) is 0 Å². The standard InChI is InChI=1S/C11H19N5O/c1-15(2)6-7-16(3)10-5-4-9(8-13-10)11(12)14-17/h4-5,8,17H,6-7H2,1-3H3,(H2,12,14). The first-order valence-corrected chi connectivity index (χ1v) is 5.34. The molecule has 3 N–H and O–H groups in total. The van der Waals surface area contributed by atoms with Gasteiger partial charge in [-0.3, -0.25) is 0 Å².